The Morgan fingerprint density at radius 1 is 1.21 bits per heavy atom. The zero-order valence-corrected chi connectivity index (χ0v) is 16.3. The van der Waals surface area contributed by atoms with Crippen LogP contribution in [0.2, 0.25) is 0 Å². The SMILES string of the molecule is Cc1ccccc1CC[C@H]1CCCN(C(=O)c2cc(-c3ccncc3)n[nH]2)C1. The highest BCUT2D eigenvalue weighted by Crippen LogP contribution is 2.24. The number of likely N-dealkylation sites (tertiary alicyclic amines) is 1. The van der Waals surface area contributed by atoms with Crippen molar-refractivity contribution in [1.29, 1.82) is 0 Å². The van der Waals surface area contributed by atoms with Gasteiger partial charge in [0, 0.05) is 31.0 Å². The summed E-state index contributed by atoms with van der Waals surface area (Å²) in [4.78, 5) is 19.0. The molecule has 0 bridgehead atoms. The second-order valence-corrected chi connectivity index (χ2v) is 7.63. The number of benzene rings is 1. The Morgan fingerprint density at radius 2 is 2.04 bits per heavy atom. The fraction of sp³-hybridized carbons (Fsp3) is 0.348. The lowest BCUT2D eigenvalue weighted by Crippen LogP contribution is -2.40. The summed E-state index contributed by atoms with van der Waals surface area (Å²) in [7, 11) is 0. The van der Waals surface area contributed by atoms with Crippen molar-refractivity contribution >= 4 is 5.91 Å². The highest BCUT2D eigenvalue weighted by atomic mass is 16.2. The van der Waals surface area contributed by atoms with Crippen molar-refractivity contribution in [2.75, 3.05) is 13.1 Å². The number of aromatic nitrogens is 3. The number of aryl methyl sites for hydroxylation is 2. The van der Waals surface area contributed by atoms with Crippen molar-refractivity contribution in [2.24, 2.45) is 5.92 Å². The lowest BCUT2D eigenvalue weighted by molar-refractivity contribution is 0.0662. The summed E-state index contributed by atoms with van der Waals surface area (Å²) in [5, 5.41) is 7.23. The van der Waals surface area contributed by atoms with E-state index in [0.717, 1.165) is 43.6 Å². The van der Waals surface area contributed by atoms with Gasteiger partial charge in [0.2, 0.25) is 0 Å². The van der Waals surface area contributed by atoms with E-state index in [-0.39, 0.29) is 5.91 Å². The number of rotatable bonds is 5. The van der Waals surface area contributed by atoms with Gasteiger partial charge in [-0.05, 0) is 67.9 Å². The molecule has 1 saturated heterocycles. The first-order chi connectivity index (χ1) is 13.7. The number of amides is 1. The first-order valence-electron chi connectivity index (χ1n) is 10.0. The van der Waals surface area contributed by atoms with Gasteiger partial charge in [0.05, 0.1) is 5.69 Å². The van der Waals surface area contributed by atoms with E-state index in [1.807, 2.05) is 23.1 Å². The zero-order chi connectivity index (χ0) is 19.3. The molecule has 0 saturated carbocycles. The van der Waals surface area contributed by atoms with E-state index in [9.17, 15) is 4.79 Å². The molecule has 1 aromatic carbocycles. The molecule has 28 heavy (non-hydrogen) atoms. The Kier molecular flexibility index (Phi) is 5.51. The number of pyridine rings is 1. The molecule has 3 aromatic rings. The molecular formula is C23H26N4O. The predicted octanol–water partition coefficient (Wildman–Crippen LogP) is 4.27. The van der Waals surface area contributed by atoms with Crippen molar-refractivity contribution in [2.45, 2.75) is 32.6 Å². The van der Waals surface area contributed by atoms with Gasteiger partial charge >= 0.3 is 0 Å². The van der Waals surface area contributed by atoms with Gasteiger partial charge in [-0.25, -0.2) is 0 Å². The smallest absolute Gasteiger partial charge is 0.271 e. The maximum Gasteiger partial charge on any atom is 0.271 e. The van der Waals surface area contributed by atoms with E-state index in [2.05, 4.69) is 46.4 Å². The van der Waals surface area contributed by atoms with Crippen LogP contribution in [0.25, 0.3) is 11.3 Å². The van der Waals surface area contributed by atoms with Crippen LogP contribution in [0.1, 0.15) is 40.9 Å². The van der Waals surface area contributed by atoms with Gasteiger partial charge in [-0.2, -0.15) is 5.10 Å². The van der Waals surface area contributed by atoms with E-state index in [1.165, 1.54) is 17.5 Å². The summed E-state index contributed by atoms with van der Waals surface area (Å²) in [5.74, 6) is 0.605. The third-order valence-electron chi connectivity index (χ3n) is 5.67. The number of nitrogens with one attached hydrogen (secondary N) is 1. The number of hydrogen-bond acceptors (Lipinski definition) is 3. The monoisotopic (exact) mass is 374 g/mol. The van der Waals surface area contributed by atoms with Crippen LogP contribution in [-0.4, -0.2) is 39.1 Å². The van der Waals surface area contributed by atoms with E-state index < -0.39 is 0 Å². The molecule has 1 amide bonds. The Bertz CT molecular complexity index is 935. The van der Waals surface area contributed by atoms with Crippen LogP contribution in [-0.2, 0) is 6.42 Å². The minimum atomic E-state index is 0.0494. The van der Waals surface area contributed by atoms with E-state index >= 15 is 0 Å². The van der Waals surface area contributed by atoms with Crippen molar-refractivity contribution in [3.8, 4) is 11.3 Å². The van der Waals surface area contributed by atoms with Crippen molar-refractivity contribution in [3.63, 3.8) is 0 Å². The van der Waals surface area contributed by atoms with E-state index in [1.54, 1.807) is 12.4 Å². The number of carbonyl (C=O) groups is 1. The van der Waals surface area contributed by atoms with Gasteiger partial charge in [-0.3, -0.25) is 14.9 Å². The maximum absolute atomic E-state index is 13.0. The molecule has 5 nitrogen and oxygen atoms in total. The predicted molar refractivity (Wildman–Crippen MR) is 110 cm³/mol. The van der Waals surface area contributed by atoms with Crippen LogP contribution in [0.3, 0.4) is 0 Å². The summed E-state index contributed by atoms with van der Waals surface area (Å²) in [5.41, 5.74) is 5.07. The summed E-state index contributed by atoms with van der Waals surface area (Å²) in [6, 6.07) is 14.2. The fourth-order valence-electron chi connectivity index (χ4n) is 4.01. The first kappa shape index (κ1) is 18.4. The molecule has 1 atom stereocenters. The molecule has 0 aliphatic carbocycles. The van der Waals surface area contributed by atoms with Crippen LogP contribution in [0.4, 0.5) is 0 Å². The molecule has 1 fully saturated rings. The summed E-state index contributed by atoms with van der Waals surface area (Å²) in [6.07, 6.45) is 7.93. The van der Waals surface area contributed by atoms with Crippen molar-refractivity contribution in [3.05, 3.63) is 71.7 Å². The van der Waals surface area contributed by atoms with Crippen LogP contribution < -0.4 is 0 Å². The molecule has 0 unspecified atom stereocenters. The van der Waals surface area contributed by atoms with Crippen LogP contribution in [0.5, 0.6) is 0 Å². The third kappa shape index (κ3) is 4.14. The number of hydrogen-bond donors (Lipinski definition) is 1. The maximum atomic E-state index is 13.0. The molecule has 144 valence electrons. The molecule has 2 aromatic heterocycles. The standard InChI is InChI=1S/C23H26N4O/c1-17-5-2-3-7-19(17)9-8-18-6-4-14-27(16-18)23(28)22-15-21(25-26-22)20-10-12-24-13-11-20/h2-3,5,7,10-13,15,18H,4,6,8-9,14,16H2,1H3,(H,25,26)/t18-/m1/s1. The van der Waals surface area contributed by atoms with Gasteiger partial charge < -0.3 is 4.90 Å². The fourth-order valence-corrected chi connectivity index (χ4v) is 4.01. The Balaban J connectivity index is 1.38. The average molecular weight is 374 g/mol. The second-order valence-electron chi connectivity index (χ2n) is 7.63. The molecule has 5 heteroatoms. The number of H-pyrrole nitrogens is 1. The number of nitrogens with zero attached hydrogens (tertiary/aromatic N) is 3. The van der Waals surface area contributed by atoms with Crippen LogP contribution >= 0.6 is 0 Å². The van der Waals surface area contributed by atoms with E-state index in [0.29, 0.717) is 11.6 Å². The normalized spacial score (nSPS) is 16.9. The minimum absolute atomic E-state index is 0.0494. The molecule has 4 rings (SSSR count). The number of aromatic amines is 1. The molecule has 1 aliphatic heterocycles. The van der Waals surface area contributed by atoms with Gasteiger partial charge in [-0.15, -0.1) is 0 Å². The van der Waals surface area contributed by atoms with Gasteiger partial charge in [0.25, 0.3) is 5.91 Å². The Labute approximate surface area is 165 Å². The summed E-state index contributed by atoms with van der Waals surface area (Å²) >= 11 is 0. The second kappa shape index (κ2) is 8.38. The lowest BCUT2D eigenvalue weighted by Gasteiger charge is -2.32. The molecule has 0 spiro atoms. The number of carbonyl (C=O) groups excluding carboxylic acids is 1. The summed E-state index contributed by atoms with van der Waals surface area (Å²) < 4.78 is 0. The molecule has 1 aliphatic rings. The highest BCUT2D eigenvalue weighted by molar-refractivity contribution is 5.93. The summed E-state index contributed by atoms with van der Waals surface area (Å²) in [6.45, 7) is 3.82. The lowest BCUT2D eigenvalue weighted by atomic mass is 9.90. The molecule has 0 radical (unpaired) electrons. The Morgan fingerprint density at radius 3 is 2.86 bits per heavy atom. The quantitative estimate of drug-likeness (QED) is 0.726. The third-order valence-corrected chi connectivity index (χ3v) is 5.67. The number of piperidine rings is 1. The molecular weight excluding hydrogens is 348 g/mol. The Hall–Kier alpha value is -2.95. The topological polar surface area (TPSA) is 61.9 Å². The van der Waals surface area contributed by atoms with Gasteiger partial charge in [0.15, 0.2) is 0 Å². The first-order valence-corrected chi connectivity index (χ1v) is 10.0. The van der Waals surface area contributed by atoms with Crippen molar-refractivity contribution < 1.29 is 4.79 Å². The van der Waals surface area contributed by atoms with E-state index in [4.69, 9.17) is 0 Å². The molecule has 3 heterocycles. The van der Waals surface area contributed by atoms with Crippen LogP contribution in [0, 0.1) is 12.8 Å². The van der Waals surface area contributed by atoms with Gasteiger partial charge in [-0.1, -0.05) is 24.3 Å². The minimum Gasteiger partial charge on any atom is -0.337 e. The average Bonchev–Trinajstić information content (AvgIpc) is 3.24. The van der Waals surface area contributed by atoms with Crippen molar-refractivity contribution in [1.82, 2.24) is 20.1 Å². The van der Waals surface area contributed by atoms with Crippen LogP contribution in [0.15, 0.2) is 54.9 Å². The van der Waals surface area contributed by atoms with Gasteiger partial charge in [0.1, 0.15) is 5.69 Å². The molecule has 1 N–H and O–H groups in total. The zero-order valence-electron chi connectivity index (χ0n) is 16.3. The largest absolute Gasteiger partial charge is 0.337 e. The highest BCUT2D eigenvalue weighted by Gasteiger charge is 2.25.